The molecule has 6 aromatic rings. The third kappa shape index (κ3) is 9.34. The van der Waals surface area contributed by atoms with E-state index in [4.69, 9.17) is 16.3 Å². The van der Waals surface area contributed by atoms with E-state index in [-0.39, 0.29) is 29.0 Å². The quantitative estimate of drug-likeness (QED) is 0.0753. The van der Waals surface area contributed by atoms with Gasteiger partial charge in [0, 0.05) is 83.7 Å². The number of sulfonamides is 1. The van der Waals surface area contributed by atoms with Gasteiger partial charge in [0.2, 0.25) is 0 Å². The number of ether oxygens (including phenoxy) is 1. The SMILES string of the molecule is CC1(C)CCC(CN2CCN(c3ccc(C(=O)NS(=O)(=O)c4ccc(NCc5cncs5)c([N+](=O)[O-])c4)c(Oc4ccc5[nH]ccc5c4)c3)CC2)=C(c2ccc(Cl)cc2)C1. The first kappa shape index (κ1) is 41.0. The molecular weight excluding hydrogens is 822 g/mol. The van der Waals surface area contributed by atoms with Crippen molar-refractivity contribution in [1.82, 2.24) is 19.6 Å². The molecule has 0 radical (unpaired) electrons. The number of thiazole rings is 1. The first-order valence-corrected chi connectivity index (χ1v) is 22.3. The Morgan fingerprint density at radius 3 is 2.57 bits per heavy atom. The maximum atomic E-state index is 13.9. The molecule has 13 nitrogen and oxygen atoms in total. The lowest BCUT2D eigenvalue weighted by Gasteiger charge is -2.39. The van der Waals surface area contributed by atoms with Crippen LogP contribution >= 0.6 is 22.9 Å². The largest absolute Gasteiger partial charge is 0.456 e. The number of carbonyl (C=O) groups excluding carboxylic acids is 1. The van der Waals surface area contributed by atoms with Gasteiger partial charge >= 0.3 is 0 Å². The number of halogens is 1. The average molecular weight is 866 g/mol. The van der Waals surface area contributed by atoms with Crippen LogP contribution in [-0.4, -0.2) is 66.8 Å². The second kappa shape index (κ2) is 17.1. The summed E-state index contributed by atoms with van der Waals surface area (Å²) in [6.45, 7) is 8.94. The molecule has 1 fully saturated rings. The van der Waals surface area contributed by atoms with Gasteiger partial charge in [-0.25, -0.2) is 13.1 Å². The van der Waals surface area contributed by atoms with Gasteiger partial charge < -0.3 is 19.9 Å². The molecule has 60 heavy (non-hydrogen) atoms. The third-order valence-electron chi connectivity index (χ3n) is 11.1. The van der Waals surface area contributed by atoms with Gasteiger partial charge in [0.25, 0.3) is 21.6 Å². The molecule has 0 unspecified atom stereocenters. The van der Waals surface area contributed by atoms with E-state index >= 15 is 0 Å². The van der Waals surface area contributed by atoms with Crippen molar-refractivity contribution in [2.45, 2.75) is 44.6 Å². The fourth-order valence-corrected chi connectivity index (χ4v) is 9.47. The van der Waals surface area contributed by atoms with Crippen LogP contribution in [0.4, 0.5) is 17.1 Å². The van der Waals surface area contributed by atoms with Crippen LogP contribution in [0.25, 0.3) is 16.5 Å². The van der Waals surface area contributed by atoms with Crippen LogP contribution in [0.1, 0.15) is 53.9 Å². The van der Waals surface area contributed by atoms with Gasteiger partial charge in [0.05, 0.1) is 27.4 Å². The van der Waals surface area contributed by atoms with Gasteiger partial charge in [-0.1, -0.05) is 43.2 Å². The Labute approximate surface area is 357 Å². The van der Waals surface area contributed by atoms with Crippen molar-refractivity contribution in [1.29, 1.82) is 0 Å². The van der Waals surface area contributed by atoms with Crippen molar-refractivity contribution >= 4 is 72.4 Å². The van der Waals surface area contributed by atoms with Crippen LogP contribution in [0.5, 0.6) is 11.5 Å². The van der Waals surface area contributed by atoms with E-state index in [2.05, 4.69) is 55.8 Å². The fraction of sp³-hybridized carbons (Fsp3) is 0.273. The number of nitrogens with zero attached hydrogens (tertiary/aromatic N) is 4. The Morgan fingerprint density at radius 1 is 1.02 bits per heavy atom. The van der Waals surface area contributed by atoms with Crippen LogP contribution in [0.15, 0.2) is 113 Å². The van der Waals surface area contributed by atoms with Crippen molar-refractivity contribution in [2.24, 2.45) is 5.41 Å². The van der Waals surface area contributed by atoms with Crippen molar-refractivity contribution in [3.63, 3.8) is 0 Å². The Kier molecular flexibility index (Phi) is 11.7. The molecule has 3 N–H and O–H groups in total. The zero-order chi connectivity index (χ0) is 42.0. The molecule has 0 bridgehead atoms. The van der Waals surface area contributed by atoms with Crippen LogP contribution in [0.2, 0.25) is 5.02 Å². The van der Waals surface area contributed by atoms with Gasteiger partial charge in [-0.2, -0.15) is 0 Å². The Balaban J connectivity index is 1.01. The van der Waals surface area contributed by atoms with Gasteiger partial charge in [0.15, 0.2) is 0 Å². The monoisotopic (exact) mass is 865 g/mol. The topological polar surface area (TPSA) is 163 Å². The molecule has 0 atom stereocenters. The van der Waals surface area contributed by atoms with Crippen molar-refractivity contribution in [3.05, 3.63) is 140 Å². The average Bonchev–Trinajstić information content (AvgIpc) is 3.93. The standard InChI is InChI=1S/C44H44ClN7O6S2/c1-44(2)15-13-31(38(24-44)29-3-5-32(45)6-4-29)27-50-17-19-51(20-18-50)33-7-10-37(42(22-33)58-34-8-11-39-30(21-34)14-16-47-39)43(53)49-60(56,57)36-9-12-40(41(23-36)52(54)55)48-26-35-25-46-28-59-35/h3-12,14,16,21-23,25,28,47-48H,13,15,17-20,24,26-27H2,1-2H3,(H,49,53). The molecule has 1 amide bonds. The number of anilines is 2. The number of aromatic amines is 1. The number of aromatic nitrogens is 2. The van der Waals surface area contributed by atoms with E-state index in [1.807, 2.05) is 36.5 Å². The number of allylic oxidation sites excluding steroid dienone is 1. The fourth-order valence-electron chi connectivity index (χ4n) is 7.83. The first-order chi connectivity index (χ1) is 28.8. The summed E-state index contributed by atoms with van der Waals surface area (Å²) in [6, 6.07) is 24.1. The van der Waals surface area contributed by atoms with E-state index in [0.29, 0.717) is 5.75 Å². The van der Waals surface area contributed by atoms with Crippen molar-refractivity contribution < 1.29 is 22.9 Å². The minimum Gasteiger partial charge on any atom is -0.456 e. The van der Waals surface area contributed by atoms with Crippen molar-refractivity contribution in [2.75, 3.05) is 42.9 Å². The van der Waals surface area contributed by atoms with Gasteiger partial charge in [-0.05, 0) is 96.5 Å². The van der Waals surface area contributed by atoms with E-state index in [1.165, 1.54) is 40.2 Å². The second-order valence-corrected chi connectivity index (χ2v) is 19.0. The Bertz CT molecular complexity index is 2690. The van der Waals surface area contributed by atoms with Crippen LogP contribution in [0.3, 0.4) is 0 Å². The lowest BCUT2D eigenvalue weighted by atomic mass is 9.72. The number of carbonyl (C=O) groups is 1. The van der Waals surface area contributed by atoms with Crippen LogP contribution in [-0.2, 0) is 16.6 Å². The molecule has 2 aromatic heterocycles. The number of benzene rings is 4. The number of fused-ring (bicyclic) bond motifs is 1. The highest BCUT2D eigenvalue weighted by molar-refractivity contribution is 7.90. The number of nitro groups is 1. The van der Waals surface area contributed by atoms with Gasteiger partial charge in [0.1, 0.15) is 17.2 Å². The number of piperazine rings is 1. The van der Waals surface area contributed by atoms with Crippen molar-refractivity contribution in [3.8, 4) is 11.5 Å². The first-order valence-electron chi connectivity index (χ1n) is 19.6. The summed E-state index contributed by atoms with van der Waals surface area (Å²) < 4.78 is 35.7. The molecule has 2 aliphatic rings. The van der Waals surface area contributed by atoms with Gasteiger partial charge in [-0.3, -0.25) is 24.8 Å². The normalized spacial score (nSPS) is 15.9. The number of rotatable bonds is 13. The lowest BCUT2D eigenvalue weighted by Crippen LogP contribution is -2.47. The number of amides is 1. The molecule has 1 aliphatic carbocycles. The molecule has 4 aromatic carbocycles. The van der Waals surface area contributed by atoms with E-state index in [0.717, 1.165) is 84.5 Å². The maximum Gasteiger partial charge on any atom is 0.293 e. The van der Waals surface area contributed by atoms with Crippen LogP contribution < -0.4 is 19.7 Å². The minimum absolute atomic E-state index is 0.0191. The Hall–Kier alpha value is -5.74. The summed E-state index contributed by atoms with van der Waals surface area (Å²) in [5.74, 6) is -0.327. The summed E-state index contributed by atoms with van der Waals surface area (Å²) in [7, 11) is -4.55. The molecule has 0 saturated carbocycles. The summed E-state index contributed by atoms with van der Waals surface area (Å²) >= 11 is 7.61. The predicted molar refractivity (Wildman–Crippen MR) is 237 cm³/mol. The number of nitrogens with one attached hydrogen (secondary N) is 3. The molecule has 1 aliphatic heterocycles. The number of H-pyrrole nitrogens is 1. The Morgan fingerprint density at radius 2 is 1.82 bits per heavy atom. The number of hydrogen-bond acceptors (Lipinski definition) is 11. The van der Waals surface area contributed by atoms with E-state index in [9.17, 15) is 23.3 Å². The highest BCUT2D eigenvalue weighted by Crippen LogP contribution is 2.43. The number of nitro benzene ring substituents is 1. The van der Waals surface area contributed by atoms with Crippen LogP contribution in [0, 0.1) is 15.5 Å². The van der Waals surface area contributed by atoms with Gasteiger partial charge in [-0.15, -0.1) is 11.3 Å². The molecule has 3 heterocycles. The van der Waals surface area contributed by atoms with E-state index < -0.39 is 31.4 Å². The third-order valence-corrected chi connectivity index (χ3v) is 13.5. The number of hydrogen-bond donors (Lipinski definition) is 3. The van der Waals surface area contributed by atoms with E-state index in [1.54, 1.807) is 36.0 Å². The summed E-state index contributed by atoms with van der Waals surface area (Å²) in [5, 5.41) is 16.6. The molecule has 16 heteroatoms. The summed E-state index contributed by atoms with van der Waals surface area (Å²) in [6.07, 6.45) is 6.66. The second-order valence-electron chi connectivity index (χ2n) is 15.9. The minimum atomic E-state index is -4.55. The highest BCUT2D eigenvalue weighted by Gasteiger charge is 2.30. The molecule has 1 saturated heterocycles. The zero-order valence-electron chi connectivity index (χ0n) is 33.1. The summed E-state index contributed by atoms with van der Waals surface area (Å²) in [5.41, 5.74) is 7.37. The molecule has 0 spiro atoms. The summed E-state index contributed by atoms with van der Waals surface area (Å²) in [4.78, 5) is 37.5. The molecule has 310 valence electrons. The smallest absolute Gasteiger partial charge is 0.293 e. The lowest BCUT2D eigenvalue weighted by molar-refractivity contribution is -0.384. The molecular formula is C44H44ClN7O6S2. The maximum absolute atomic E-state index is 13.9. The predicted octanol–water partition coefficient (Wildman–Crippen LogP) is 9.49. The molecule has 8 rings (SSSR count). The zero-order valence-corrected chi connectivity index (χ0v) is 35.5. The highest BCUT2D eigenvalue weighted by atomic mass is 35.5.